The second-order valence-electron chi connectivity index (χ2n) is 5.92. The average Bonchev–Trinajstić information content (AvgIpc) is 2.96. The molecule has 0 N–H and O–H groups in total. The van der Waals surface area contributed by atoms with E-state index in [2.05, 4.69) is 39.7 Å². The molecular formula is C17H16N2S3. The van der Waals surface area contributed by atoms with Crippen LogP contribution in [-0.2, 0) is 0 Å². The lowest BCUT2D eigenvalue weighted by atomic mass is 10.1. The molecule has 2 aliphatic heterocycles. The van der Waals surface area contributed by atoms with Crippen LogP contribution in [0.5, 0.6) is 0 Å². The number of hydrogen-bond donors (Lipinski definition) is 0. The fraction of sp³-hybridized carbons (Fsp3) is 0.353. The molecule has 1 aliphatic carbocycles. The molecule has 5 rings (SSSR count). The van der Waals surface area contributed by atoms with Crippen LogP contribution in [0.4, 0.5) is 0 Å². The lowest BCUT2D eigenvalue weighted by Crippen LogP contribution is -2.20. The molecule has 1 saturated carbocycles. The van der Waals surface area contributed by atoms with E-state index in [4.69, 9.17) is 0 Å². The van der Waals surface area contributed by atoms with Crippen molar-refractivity contribution in [1.29, 1.82) is 0 Å². The summed E-state index contributed by atoms with van der Waals surface area (Å²) in [5.41, 5.74) is 2.84. The predicted octanol–water partition coefficient (Wildman–Crippen LogP) is 5.12. The first-order chi connectivity index (χ1) is 10.8. The van der Waals surface area contributed by atoms with Gasteiger partial charge in [-0.25, -0.2) is 0 Å². The molecular weight excluding hydrogens is 328 g/mol. The number of allylic oxidation sites excluding steroid dienone is 1. The van der Waals surface area contributed by atoms with E-state index in [1.54, 1.807) is 4.91 Å². The summed E-state index contributed by atoms with van der Waals surface area (Å²) >= 11 is 5.63. The Bertz CT molecular complexity index is 830. The van der Waals surface area contributed by atoms with E-state index < -0.39 is 0 Å². The van der Waals surface area contributed by atoms with Crippen LogP contribution in [0, 0.1) is 5.92 Å². The van der Waals surface area contributed by atoms with Crippen molar-refractivity contribution in [2.45, 2.75) is 17.7 Å². The molecule has 2 nitrogen and oxygen atoms in total. The van der Waals surface area contributed by atoms with E-state index >= 15 is 0 Å². The standard InChI is InChI=1S/C17H16N2S3/c1-20-13-9-12(8-11-4-7-21-15(11)13)14-16(10-2-3-10)22-17-18-5-6-19(14)17/h4,7-10H,2-3,5-6H2,1H3. The molecule has 1 fully saturated rings. The zero-order valence-electron chi connectivity index (χ0n) is 12.3. The maximum atomic E-state index is 4.69. The van der Waals surface area contributed by atoms with Crippen molar-refractivity contribution in [2.24, 2.45) is 10.9 Å². The first-order valence-corrected chi connectivity index (χ1v) is 10.6. The highest BCUT2D eigenvalue weighted by Gasteiger charge is 2.40. The second kappa shape index (κ2) is 5.05. The molecule has 0 spiro atoms. The lowest BCUT2D eigenvalue weighted by molar-refractivity contribution is 0.645. The van der Waals surface area contributed by atoms with Gasteiger partial charge in [-0.1, -0.05) is 11.8 Å². The van der Waals surface area contributed by atoms with Crippen molar-refractivity contribution in [2.75, 3.05) is 19.3 Å². The highest BCUT2D eigenvalue weighted by atomic mass is 32.2. The average molecular weight is 345 g/mol. The summed E-state index contributed by atoms with van der Waals surface area (Å²) in [5.74, 6) is 0.782. The minimum atomic E-state index is 0.782. The largest absolute Gasteiger partial charge is 0.318 e. The third kappa shape index (κ3) is 1.99. The summed E-state index contributed by atoms with van der Waals surface area (Å²) in [6.45, 7) is 1.99. The summed E-state index contributed by atoms with van der Waals surface area (Å²) in [6.07, 6.45) is 4.88. The van der Waals surface area contributed by atoms with Crippen molar-refractivity contribution in [1.82, 2.24) is 4.90 Å². The molecule has 3 heterocycles. The van der Waals surface area contributed by atoms with E-state index in [1.807, 2.05) is 34.9 Å². The van der Waals surface area contributed by atoms with Crippen LogP contribution in [0.25, 0.3) is 15.8 Å². The molecule has 0 saturated heterocycles. The lowest BCUT2D eigenvalue weighted by Gasteiger charge is -2.18. The highest BCUT2D eigenvalue weighted by molar-refractivity contribution is 8.17. The zero-order valence-corrected chi connectivity index (χ0v) is 14.8. The third-order valence-corrected chi connectivity index (χ3v) is 7.60. The Labute approximate surface area is 142 Å². The number of fused-ring (bicyclic) bond motifs is 2. The van der Waals surface area contributed by atoms with Gasteiger partial charge in [0.25, 0.3) is 0 Å². The van der Waals surface area contributed by atoms with Gasteiger partial charge in [-0.15, -0.1) is 23.1 Å². The molecule has 0 radical (unpaired) electrons. The number of thioether (sulfide) groups is 2. The van der Waals surface area contributed by atoms with Crippen LogP contribution in [-0.4, -0.2) is 29.4 Å². The van der Waals surface area contributed by atoms with Gasteiger partial charge < -0.3 is 4.90 Å². The number of nitrogens with zero attached hydrogens (tertiary/aromatic N) is 2. The van der Waals surface area contributed by atoms with Crippen molar-refractivity contribution in [3.05, 3.63) is 34.0 Å². The molecule has 1 aromatic heterocycles. The summed E-state index contributed by atoms with van der Waals surface area (Å²) in [4.78, 5) is 10.1. The maximum absolute atomic E-state index is 4.69. The van der Waals surface area contributed by atoms with Gasteiger partial charge in [-0.2, -0.15) is 0 Å². The first kappa shape index (κ1) is 13.5. The fourth-order valence-electron chi connectivity index (χ4n) is 3.26. The second-order valence-corrected chi connectivity index (χ2v) is 8.70. The Kier molecular flexibility index (Phi) is 3.10. The van der Waals surface area contributed by atoms with Crippen LogP contribution in [0.2, 0.25) is 0 Å². The number of aliphatic imine (C=N–C) groups is 1. The number of hydrogen-bond acceptors (Lipinski definition) is 5. The first-order valence-electron chi connectivity index (χ1n) is 7.65. The smallest absolute Gasteiger partial charge is 0.168 e. The predicted molar refractivity (Wildman–Crippen MR) is 99.8 cm³/mol. The minimum absolute atomic E-state index is 0.782. The van der Waals surface area contributed by atoms with Gasteiger partial charge in [0, 0.05) is 26.6 Å². The minimum Gasteiger partial charge on any atom is -0.318 e. The van der Waals surface area contributed by atoms with Crippen LogP contribution in [0.3, 0.4) is 0 Å². The monoisotopic (exact) mass is 344 g/mol. The van der Waals surface area contributed by atoms with Gasteiger partial charge >= 0.3 is 0 Å². The molecule has 0 amide bonds. The van der Waals surface area contributed by atoms with Crippen LogP contribution < -0.4 is 0 Å². The van der Waals surface area contributed by atoms with Gasteiger partial charge in [0.1, 0.15) is 0 Å². The molecule has 0 bridgehead atoms. The van der Waals surface area contributed by atoms with Crippen molar-refractivity contribution in [3.8, 4) is 0 Å². The van der Waals surface area contributed by atoms with Gasteiger partial charge in [0.2, 0.25) is 0 Å². The van der Waals surface area contributed by atoms with Crippen molar-refractivity contribution >= 4 is 55.8 Å². The van der Waals surface area contributed by atoms with Gasteiger partial charge in [-0.3, -0.25) is 4.99 Å². The molecule has 22 heavy (non-hydrogen) atoms. The Hall–Kier alpha value is -0.910. The normalized spacial score (nSPS) is 21.0. The molecule has 1 aromatic carbocycles. The van der Waals surface area contributed by atoms with E-state index in [0.29, 0.717) is 0 Å². The Morgan fingerprint density at radius 2 is 2.23 bits per heavy atom. The van der Waals surface area contributed by atoms with Gasteiger partial charge in [0.05, 0.1) is 12.2 Å². The fourth-order valence-corrected chi connectivity index (χ4v) is 6.36. The topological polar surface area (TPSA) is 15.6 Å². The van der Waals surface area contributed by atoms with E-state index in [9.17, 15) is 0 Å². The number of thiophene rings is 1. The van der Waals surface area contributed by atoms with Crippen molar-refractivity contribution < 1.29 is 0 Å². The van der Waals surface area contributed by atoms with Crippen molar-refractivity contribution in [3.63, 3.8) is 0 Å². The molecule has 2 aromatic rings. The Balaban J connectivity index is 1.71. The quantitative estimate of drug-likeness (QED) is 0.719. The Morgan fingerprint density at radius 3 is 3.05 bits per heavy atom. The van der Waals surface area contributed by atoms with E-state index in [-0.39, 0.29) is 0 Å². The third-order valence-electron chi connectivity index (χ3n) is 4.46. The Morgan fingerprint density at radius 1 is 1.32 bits per heavy atom. The van der Waals surface area contributed by atoms with Gasteiger partial charge in [-0.05, 0) is 54.0 Å². The SMILES string of the molecule is CSc1cc(C2=C(C3CC3)SC3=NCCN32)cc2ccsc12. The highest BCUT2D eigenvalue weighted by Crippen LogP contribution is 2.53. The zero-order chi connectivity index (χ0) is 14.7. The van der Waals surface area contributed by atoms with Gasteiger partial charge in [0.15, 0.2) is 5.17 Å². The van der Waals surface area contributed by atoms with E-state index in [0.717, 1.165) is 19.0 Å². The van der Waals surface area contributed by atoms with Crippen LogP contribution in [0.1, 0.15) is 18.4 Å². The maximum Gasteiger partial charge on any atom is 0.168 e. The van der Waals surface area contributed by atoms with E-state index in [1.165, 1.54) is 44.3 Å². The summed E-state index contributed by atoms with van der Waals surface area (Å²) < 4.78 is 1.42. The van der Waals surface area contributed by atoms with Crippen LogP contribution in [0.15, 0.2) is 38.4 Å². The number of rotatable bonds is 3. The molecule has 0 atom stereocenters. The molecule has 5 heteroatoms. The molecule has 112 valence electrons. The molecule has 3 aliphatic rings. The number of amidine groups is 1. The summed E-state index contributed by atoms with van der Waals surface area (Å²) in [6, 6.07) is 7.02. The summed E-state index contributed by atoms with van der Waals surface area (Å²) in [5, 5.41) is 4.81. The molecule has 0 unspecified atom stereocenters. The number of benzene rings is 1. The summed E-state index contributed by atoms with van der Waals surface area (Å²) in [7, 11) is 0. The van der Waals surface area contributed by atoms with Crippen LogP contribution >= 0.6 is 34.9 Å².